The molecule has 1 aromatic heterocycles. The molecule has 1 amide bonds. The van der Waals surface area contributed by atoms with Crippen molar-refractivity contribution in [3.63, 3.8) is 0 Å². The molecule has 2 rings (SSSR count). The number of carboxylic acids is 1. The molecule has 0 aromatic carbocycles. The lowest BCUT2D eigenvalue weighted by molar-refractivity contribution is -0.142. The molecular weight excluding hydrogens is 304 g/mol. The summed E-state index contributed by atoms with van der Waals surface area (Å²) in [6.07, 6.45) is 1.65. The van der Waals surface area contributed by atoms with Crippen LogP contribution in [0.4, 0.5) is 0 Å². The van der Waals surface area contributed by atoms with E-state index < -0.39 is 17.9 Å². The van der Waals surface area contributed by atoms with Crippen molar-refractivity contribution in [3.8, 4) is 0 Å². The number of H-pyrrole nitrogens is 1. The maximum absolute atomic E-state index is 12.1. The summed E-state index contributed by atoms with van der Waals surface area (Å²) in [4.78, 5) is 27.4. The standard InChI is InChI=1S/C11H13BrN2O4/c1-14(9-5-18-4-7(9)11(16)17)10(15)8-2-6(12)3-13-8/h2-3,7,9,13H,4-5H2,1H3,(H,16,17). The molecule has 2 atom stereocenters. The number of aromatic amines is 1. The third-order valence-electron chi connectivity index (χ3n) is 3.06. The molecule has 1 aliphatic heterocycles. The lowest BCUT2D eigenvalue weighted by Gasteiger charge is -2.25. The second-order valence-corrected chi connectivity index (χ2v) is 5.11. The third-order valence-corrected chi connectivity index (χ3v) is 3.52. The van der Waals surface area contributed by atoms with Crippen molar-refractivity contribution in [3.05, 3.63) is 22.4 Å². The van der Waals surface area contributed by atoms with Gasteiger partial charge in [-0.2, -0.15) is 0 Å². The summed E-state index contributed by atoms with van der Waals surface area (Å²) < 4.78 is 5.92. The topological polar surface area (TPSA) is 82.6 Å². The molecule has 1 aromatic rings. The zero-order chi connectivity index (χ0) is 13.3. The number of halogens is 1. The van der Waals surface area contributed by atoms with Crippen LogP contribution in [0.2, 0.25) is 0 Å². The number of carbonyl (C=O) groups excluding carboxylic acids is 1. The first-order valence-electron chi connectivity index (χ1n) is 5.42. The van der Waals surface area contributed by atoms with Gasteiger partial charge in [0.05, 0.1) is 19.3 Å². The largest absolute Gasteiger partial charge is 0.481 e. The number of aliphatic carboxylic acids is 1. The molecule has 1 fully saturated rings. The number of nitrogens with one attached hydrogen (secondary N) is 1. The number of carbonyl (C=O) groups is 2. The molecule has 0 aliphatic carbocycles. The quantitative estimate of drug-likeness (QED) is 0.869. The normalized spacial score (nSPS) is 23.0. The second kappa shape index (κ2) is 5.11. The fourth-order valence-electron chi connectivity index (χ4n) is 1.99. The highest BCUT2D eigenvalue weighted by atomic mass is 79.9. The van der Waals surface area contributed by atoms with Gasteiger partial charge in [0.15, 0.2) is 0 Å². The average Bonchev–Trinajstić information content (AvgIpc) is 2.95. The number of rotatable bonds is 3. The fourth-order valence-corrected chi connectivity index (χ4v) is 2.34. The summed E-state index contributed by atoms with van der Waals surface area (Å²) >= 11 is 3.25. The molecule has 98 valence electrons. The Morgan fingerprint density at radius 2 is 2.28 bits per heavy atom. The molecule has 1 aliphatic rings. The van der Waals surface area contributed by atoms with Crippen LogP contribution in [-0.2, 0) is 9.53 Å². The highest BCUT2D eigenvalue weighted by molar-refractivity contribution is 9.10. The van der Waals surface area contributed by atoms with E-state index in [2.05, 4.69) is 20.9 Å². The maximum Gasteiger partial charge on any atom is 0.311 e. The Kier molecular flexibility index (Phi) is 3.72. The van der Waals surface area contributed by atoms with E-state index in [1.165, 1.54) is 4.90 Å². The van der Waals surface area contributed by atoms with Gasteiger partial charge in [-0.25, -0.2) is 0 Å². The van der Waals surface area contributed by atoms with Gasteiger partial charge in [-0.3, -0.25) is 9.59 Å². The Morgan fingerprint density at radius 1 is 1.56 bits per heavy atom. The first kappa shape index (κ1) is 13.1. The van der Waals surface area contributed by atoms with E-state index in [1.54, 1.807) is 19.3 Å². The van der Waals surface area contributed by atoms with Crippen LogP contribution in [0.25, 0.3) is 0 Å². The highest BCUT2D eigenvalue weighted by Gasteiger charge is 2.38. The van der Waals surface area contributed by atoms with Gasteiger partial charge in [-0.1, -0.05) is 0 Å². The van der Waals surface area contributed by atoms with Gasteiger partial charge < -0.3 is 19.7 Å². The van der Waals surface area contributed by atoms with Crippen molar-refractivity contribution in [2.75, 3.05) is 20.3 Å². The Balaban J connectivity index is 2.13. The van der Waals surface area contributed by atoms with E-state index in [4.69, 9.17) is 9.84 Å². The molecule has 18 heavy (non-hydrogen) atoms. The number of nitrogens with zero attached hydrogens (tertiary/aromatic N) is 1. The van der Waals surface area contributed by atoms with Crippen LogP contribution in [0.1, 0.15) is 10.5 Å². The minimum Gasteiger partial charge on any atom is -0.481 e. The van der Waals surface area contributed by atoms with Gasteiger partial charge in [-0.15, -0.1) is 0 Å². The first-order valence-corrected chi connectivity index (χ1v) is 6.21. The molecule has 0 radical (unpaired) electrons. The fraction of sp³-hybridized carbons (Fsp3) is 0.455. The monoisotopic (exact) mass is 316 g/mol. The van der Waals surface area contributed by atoms with Crippen LogP contribution in [0.5, 0.6) is 0 Å². The molecule has 7 heteroatoms. The zero-order valence-corrected chi connectivity index (χ0v) is 11.3. The van der Waals surface area contributed by atoms with E-state index in [1.807, 2.05) is 0 Å². The molecule has 2 unspecified atom stereocenters. The molecule has 2 heterocycles. The number of hydrogen-bond acceptors (Lipinski definition) is 3. The van der Waals surface area contributed by atoms with Crippen molar-refractivity contribution >= 4 is 27.8 Å². The van der Waals surface area contributed by atoms with E-state index in [0.29, 0.717) is 5.69 Å². The summed E-state index contributed by atoms with van der Waals surface area (Å²) in [7, 11) is 1.59. The first-order chi connectivity index (χ1) is 8.50. The van der Waals surface area contributed by atoms with Crippen LogP contribution in [-0.4, -0.2) is 53.2 Å². The van der Waals surface area contributed by atoms with E-state index in [-0.39, 0.29) is 19.1 Å². The van der Waals surface area contributed by atoms with Gasteiger partial charge in [0.1, 0.15) is 11.6 Å². The maximum atomic E-state index is 12.1. The Labute approximate surface area is 112 Å². The highest BCUT2D eigenvalue weighted by Crippen LogP contribution is 2.21. The summed E-state index contributed by atoms with van der Waals surface area (Å²) in [5.74, 6) is -1.86. The molecular formula is C11H13BrN2O4. The molecule has 0 bridgehead atoms. The van der Waals surface area contributed by atoms with E-state index >= 15 is 0 Å². The minimum atomic E-state index is -0.940. The van der Waals surface area contributed by atoms with Crippen molar-refractivity contribution in [2.24, 2.45) is 5.92 Å². The molecule has 0 saturated carbocycles. The lowest BCUT2D eigenvalue weighted by Crippen LogP contribution is -2.44. The molecule has 1 saturated heterocycles. The van der Waals surface area contributed by atoms with Gasteiger partial charge in [0.25, 0.3) is 5.91 Å². The molecule has 0 spiro atoms. The number of aromatic nitrogens is 1. The number of ether oxygens (including phenoxy) is 1. The van der Waals surface area contributed by atoms with E-state index in [0.717, 1.165) is 4.47 Å². The number of hydrogen-bond donors (Lipinski definition) is 2. The summed E-state index contributed by atoms with van der Waals surface area (Å²) in [6, 6.07) is 1.22. The van der Waals surface area contributed by atoms with Crippen LogP contribution in [0, 0.1) is 5.92 Å². The van der Waals surface area contributed by atoms with Crippen molar-refractivity contribution in [2.45, 2.75) is 6.04 Å². The van der Waals surface area contributed by atoms with Crippen molar-refractivity contribution in [1.29, 1.82) is 0 Å². The third kappa shape index (κ3) is 2.41. The predicted molar refractivity (Wildman–Crippen MR) is 66.3 cm³/mol. The van der Waals surface area contributed by atoms with E-state index in [9.17, 15) is 9.59 Å². The van der Waals surface area contributed by atoms with Crippen LogP contribution in [0.3, 0.4) is 0 Å². The number of amides is 1. The Hall–Kier alpha value is -1.34. The SMILES string of the molecule is CN(C(=O)c1cc(Br)c[nH]1)C1COCC1C(=O)O. The molecule has 6 nitrogen and oxygen atoms in total. The average molecular weight is 317 g/mol. The summed E-state index contributed by atoms with van der Waals surface area (Å²) in [5, 5.41) is 9.06. The Bertz CT molecular complexity index is 473. The summed E-state index contributed by atoms with van der Waals surface area (Å²) in [5.41, 5.74) is 0.417. The summed E-state index contributed by atoms with van der Waals surface area (Å²) in [6.45, 7) is 0.396. The zero-order valence-electron chi connectivity index (χ0n) is 9.72. The second-order valence-electron chi connectivity index (χ2n) is 4.20. The minimum absolute atomic E-state index is 0.145. The van der Waals surface area contributed by atoms with Gasteiger partial charge >= 0.3 is 5.97 Å². The molecule has 2 N–H and O–H groups in total. The van der Waals surface area contributed by atoms with Crippen LogP contribution < -0.4 is 0 Å². The van der Waals surface area contributed by atoms with Crippen LogP contribution in [0.15, 0.2) is 16.7 Å². The van der Waals surface area contributed by atoms with Crippen molar-refractivity contribution in [1.82, 2.24) is 9.88 Å². The van der Waals surface area contributed by atoms with Gasteiger partial charge in [0.2, 0.25) is 0 Å². The predicted octanol–water partition coefficient (Wildman–Crippen LogP) is 0.949. The Morgan fingerprint density at radius 3 is 2.83 bits per heavy atom. The lowest BCUT2D eigenvalue weighted by atomic mass is 10.0. The number of likely N-dealkylation sites (N-methyl/N-ethyl adjacent to an activating group) is 1. The van der Waals surface area contributed by atoms with Crippen molar-refractivity contribution < 1.29 is 19.4 Å². The number of carboxylic acid groups (broad SMARTS) is 1. The van der Waals surface area contributed by atoms with Gasteiger partial charge in [0, 0.05) is 17.7 Å². The smallest absolute Gasteiger partial charge is 0.311 e. The van der Waals surface area contributed by atoms with Crippen LogP contribution >= 0.6 is 15.9 Å². The van der Waals surface area contributed by atoms with Gasteiger partial charge in [-0.05, 0) is 22.0 Å².